The predicted octanol–water partition coefficient (Wildman–Crippen LogP) is 1.68. The van der Waals surface area contributed by atoms with E-state index in [1.807, 2.05) is 27.7 Å². The number of rotatable bonds is 5. The number of hydrogen-bond acceptors (Lipinski definition) is 4. The second kappa shape index (κ2) is 6.18. The molecule has 0 aliphatic carbocycles. The van der Waals surface area contributed by atoms with E-state index in [4.69, 9.17) is 0 Å². The molecule has 0 saturated heterocycles. The van der Waals surface area contributed by atoms with Gasteiger partial charge < -0.3 is 10.6 Å². The summed E-state index contributed by atoms with van der Waals surface area (Å²) in [5.41, 5.74) is 0.392. The van der Waals surface area contributed by atoms with Gasteiger partial charge in [0.1, 0.15) is 17.8 Å². The molecule has 5 heteroatoms. The third-order valence-corrected chi connectivity index (χ3v) is 2.01. The SMILES string of the molecule is CC(C)CNC(=O)c1cc(NC(C)C)ncn1. The number of aromatic nitrogens is 2. The number of nitrogens with zero attached hydrogens (tertiary/aromatic N) is 2. The first-order valence-corrected chi connectivity index (χ1v) is 5.85. The van der Waals surface area contributed by atoms with Crippen molar-refractivity contribution >= 4 is 11.7 Å². The van der Waals surface area contributed by atoms with Crippen LogP contribution in [0.2, 0.25) is 0 Å². The van der Waals surface area contributed by atoms with Crippen molar-refractivity contribution in [3.63, 3.8) is 0 Å². The Kier molecular flexibility index (Phi) is 4.87. The summed E-state index contributed by atoms with van der Waals surface area (Å²) in [7, 11) is 0. The third-order valence-electron chi connectivity index (χ3n) is 2.01. The summed E-state index contributed by atoms with van der Waals surface area (Å²) in [6.45, 7) is 8.77. The van der Waals surface area contributed by atoms with E-state index in [1.54, 1.807) is 6.07 Å². The van der Waals surface area contributed by atoms with Crippen LogP contribution in [-0.4, -0.2) is 28.5 Å². The van der Waals surface area contributed by atoms with Crippen molar-refractivity contribution in [2.24, 2.45) is 5.92 Å². The number of anilines is 1. The normalized spacial score (nSPS) is 10.7. The molecule has 1 aromatic heterocycles. The lowest BCUT2D eigenvalue weighted by Gasteiger charge is -2.10. The average Bonchev–Trinajstić information content (AvgIpc) is 2.25. The number of carbonyl (C=O) groups excluding carboxylic acids is 1. The highest BCUT2D eigenvalue weighted by molar-refractivity contribution is 5.92. The van der Waals surface area contributed by atoms with Crippen molar-refractivity contribution in [1.29, 1.82) is 0 Å². The molecule has 1 rings (SSSR count). The highest BCUT2D eigenvalue weighted by atomic mass is 16.1. The predicted molar refractivity (Wildman–Crippen MR) is 68.0 cm³/mol. The zero-order chi connectivity index (χ0) is 12.8. The number of hydrogen-bond donors (Lipinski definition) is 2. The zero-order valence-corrected chi connectivity index (χ0v) is 10.8. The molecule has 0 aliphatic heterocycles. The molecule has 94 valence electrons. The first kappa shape index (κ1) is 13.4. The van der Waals surface area contributed by atoms with E-state index in [2.05, 4.69) is 20.6 Å². The van der Waals surface area contributed by atoms with Crippen LogP contribution in [0, 0.1) is 5.92 Å². The molecule has 17 heavy (non-hydrogen) atoms. The lowest BCUT2D eigenvalue weighted by Crippen LogP contribution is -2.28. The monoisotopic (exact) mass is 236 g/mol. The molecule has 0 saturated carbocycles. The Bertz CT molecular complexity index is 377. The molecule has 5 nitrogen and oxygen atoms in total. The maximum Gasteiger partial charge on any atom is 0.270 e. The third kappa shape index (κ3) is 4.80. The summed E-state index contributed by atoms with van der Waals surface area (Å²) in [4.78, 5) is 19.8. The molecule has 1 amide bonds. The molecule has 1 heterocycles. The van der Waals surface area contributed by atoms with Gasteiger partial charge >= 0.3 is 0 Å². The fraction of sp³-hybridized carbons (Fsp3) is 0.583. The Hall–Kier alpha value is -1.65. The van der Waals surface area contributed by atoms with Crippen LogP contribution in [0.1, 0.15) is 38.2 Å². The van der Waals surface area contributed by atoms with Crippen LogP contribution in [0.3, 0.4) is 0 Å². The van der Waals surface area contributed by atoms with Gasteiger partial charge in [-0.2, -0.15) is 0 Å². The molecule has 0 atom stereocenters. The smallest absolute Gasteiger partial charge is 0.270 e. The Balaban J connectivity index is 2.67. The van der Waals surface area contributed by atoms with E-state index in [9.17, 15) is 4.79 Å². The van der Waals surface area contributed by atoms with E-state index in [-0.39, 0.29) is 11.9 Å². The Labute approximate surface area is 102 Å². The van der Waals surface area contributed by atoms with Crippen LogP contribution >= 0.6 is 0 Å². The average molecular weight is 236 g/mol. The van der Waals surface area contributed by atoms with Crippen LogP contribution < -0.4 is 10.6 Å². The second-order valence-corrected chi connectivity index (χ2v) is 4.69. The minimum Gasteiger partial charge on any atom is -0.368 e. The number of nitrogens with one attached hydrogen (secondary N) is 2. The van der Waals surface area contributed by atoms with Crippen LogP contribution in [0.4, 0.5) is 5.82 Å². The van der Waals surface area contributed by atoms with E-state index in [1.165, 1.54) is 6.33 Å². The minimum absolute atomic E-state index is 0.159. The highest BCUT2D eigenvalue weighted by Gasteiger charge is 2.09. The van der Waals surface area contributed by atoms with Crippen LogP contribution in [0.5, 0.6) is 0 Å². The van der Waals surface area contributed by atoms with Gasteiger partial charge in [-0.05, 0) is 19.8 Å². The van der Waals surface area contributed by atoms with Gasteiger partial charge in [0.05, 0.1) is 0 Å². The van der Waals surface area contributed by atoms with E-state index < -0.39 is 0 Å². The Morgan fingerprint density at radius 3 is 2.59 bits per heavy atom. The van der Waals surface area contributed by atoms with Gasteiger partial charge in [-0.3, -0.25) is 4.79 Å². The van der Waals surface area contributed by atoms with Crippen molar-refractivity contribution in [1.82, 2.24) is 15.3 Å². The molecule has 0 spiro atoms. The molecule has 0 aliphatic rings. The number of amides is 1. The lowest BCUT2D eigenvalue weighted by atomic mass is 10.2. The van der Waals surface area contributed by atoms with Crippen LogP contribution in [0.25, 0.3) is 0 Å². The highest BCUT2D eigenvalue weighted by Crippen LogP contribution is 2.05. The van der Waals surface area contributed by atoms with E-state index >= 15 is 0 Å². The summed E-state index contributed by atoms with van der Waals surface area (Å²) in [5.74, 6) is 0.937. The fourth-order valence-electron chi connectivity index (χ4n) is 1.24. The van der Waals surface area contributed by atoms with Gasteiger partial charge in [-0.1, -0.05) is 13.8 Å². The zero-order valence-electron chi connectivity index (χ0n) is 10.8. The van der Waals surface area contributed by atoms with Crippen molar-refractivity contribution in [3.05, 3.63) is 18.1 Å². The molecule has 0 radical (unpaired) electrons. The number of carbonyl (C=O) groups is 1. The van der Waals surface area contributed by atoms with Crippen molar-refractivity contribution in [2.45, 2.75) is 33.7 Å². The second-order valence-electron chi connectivity index (χ2n) is 4.69. The van der Waals surface area contributed by atoms with Gasteiger partial charge in [0.15, 0.2) is 0 Å². The van der Waals surface area contributed by atoms with Gasteiger partial charge in [-0.15, -0.1) is 0 Å². The summed E-state index contributed by atoms with van der Waals surface area (Å²) >= 11 is 0. The maximum absolute atomic E-state index is 11.8. The Morgan fingerprint density at radius 2 is 2.00 bits per heavy atom. The molecule has 0 aromatic carbocycles. The largest absolute Gasteiger partial charge is 0.368 e. The first-order valence-electron chi connectivity index (χ1n) is 5.85. The topological polar surface area (TPSA) is 66.9 Å². The van der Waals surface area contributed by atoms with Crippen molar-refractivity contribution in [2.75, 3.05) is 11.9 Å². The summed E-state index contributed by atoms with van der Waals surface area (Å²) < 4.78 is 0. The van der Waals surface area contributed by atoms with Gasteiger partial charge in [-0.25, -0.2) is 9.97 Å². The summed E-state index contributed by atoms with van der Waals surface area (Å²) in [6, 6.07) is 1.94. The van der Waals surface area contributed by atoms with Crippen molar-refractivity contribution in [3.8, 4) is 0 Å². The van der Waals surface area contributed by atoms with Crippen molar-refractivity contribution < 1.29 is 4.79 Å². The lowest BCUT2D eigenvalue weighted by molar-refractivity contribution is 0.0944. The van der Waals surface area contributed by atoms with E-state index in [0.29, 0.717) is 24.0 Å². The molecule has 0 bridgehead atoms. The standard InChI is InChI=1S/C12H20N4O/c1-8(2)6-13-12(17)10-5-11(15-7-14-10)16-9(3)4/h5,7-9H,6H2,1-4H3,(H,13,17)(H,14,15,16). The molecule has 0 unspecified atom stereocenters. The summed E-state index contributed by atoms with van der Waals surface area (Å²) in [5, 5.41) is 5.96. The quantitative estimate of drug-likeness (QED) is 0.816. The van der Waals surface area contributed by atoms with Gasteiger partial charge in [0.25, 0.3) is 5.91 Å². The van der Waals surface area contributed by atoms with Gasteiger partial charge in [0, 0.05) is 18.7 Å². The molecular formula is C12H20N4O. The summed E-state index contributed by atoms with van der Waals surface area (Å²) in [6.07, 6.45) is 1.40. The van der Waals surface area contributed by atoms with E-state index in [0.717, 1.165) is 0 Å². The van der Waals surface area contributed by atoms with Gasteiger partial charge in [0.2, 0.25) is 0 Å². The minimum atomic E-state index is -0.159. The maximum atomic E-state index is 11.8. The Morgan fingerprint density at radius 1 is 1.29 bits per heavy atom. The first-order chi connectivity index (χ1) is 7.99. The fourth-order valence-corrected chi connectivity index (χ4v) is 1.24. The van der Waals surface area contributed by atoms with Crippen LogP contribution in [0.15, 0.2) is 12.4 Å². The van der Waals surface area contributed by atoms with Crippen LogP contribution in [-0.2, 0) is 0 Å². The molecule has 0 fully saturated rings. The molecule has 1 aromatic rings. The molecule has 2 N–H and O–H groups in total. The molecular weight excluding hydrogens is 216 g/mol.